The minimum absolute atomic E-state index is 0.0772. The first-order chi connectivity index (χ1) is 19.5. The summed E-state index contributed by atoms with van der Waals surface area (Å²) < 4.78 is 0. The highest BCUT2D eigenvalue weighted by Crippen LogP contribution is 2.10. The van der Waals surface area contributed by atoms with Gasteiger partial charge in [-0.2, -0.15) is 11.8 Å². The van der Waals surface area contributed by atoms with E-state index in [0.717, 1.165) is 0 Å². The van der Waals surface area contributed by atoms with Crippen LogP contribution >= 0.6 is 11.8 Å². The minimum atomic E-state index is -1.53. The molecule has 0 heterocycles. The van der Waals surface area contributed by atoms with Crippen molar-refractivity contribution in [2.75, 3.05) is 12.0 Å². The molecule has 7 amide bonds. The third-order valence-electron chi connectivity index (χ3n) is 6.52. The van der Waals surface area contributed by atoms with Gasteiger partial charge >= 0.3 is 0 Å². The summed E-state index contributed by atoms with van der Waals surface area (Å²) in [6, 6.07) is -5.89. The van der Waals surface area contributed by atoms with Crippen molar-refractivity contribution in [3.63, 3.8) is 0 Å². The van der Waals surface area contributed by atoms with Crippen molar-refractivity contribution in [3.05, 3.63) is 0 Å². The third kappa shape index (κ3) is 15.0. The number of primary amides is 3. The van der Waals surface area contributed by atoms with E-state index in [1.807, 2.05) is 27.0 Å². The van der Waals surface area contributed by atoms with Crippen LogP contribution in [0.25, 0.3) is 0 Å². The van der Waals surface area contributed by atoms with Crippen molar-refractivity contribution in [2.45, 2.75) is 96.4 Å². The molecule has 15 nitrogen and oxygen atoms in total. The van der Waals surface area contributed by atoms with Gasteiger partial charge in [0.1, 0.15) is 24.2 Å². The molecule has 0 radical (unpaired) electrons. The Balaban J connectivity index is 5.93. The number of hydrogen-bond donors (Lipinski definition) is 8. The molecule has 0 aliphatic rings. The summed E-state index contributed by atoms with van der Waals surface area (Å²) in [6.45, 7) is 7.22. The molecule has 0 bridgehead atoms. The molecule has 0 aliphatic heterocycles. The zero-order valence-corrected chi connectivity index (χ0v) is 25.9. The van der Waals surface area contributed by atoms with Crippen LogP contribution in [0.15, 0.2) is 0 Å². The Bertz CT molecular complexity index is 965. The smallest absolute Gasteiger partial charge is 0.243 e. The standard InChI is InChI=1S/C26H48N8O7S/c1-6-14(4)21(29)26(41)32-16(7-8-19(27)35)23(38)34-18(12-20(28)36)25(40)33-17(11-13(2)3)24(39)31-15(22(30)37)9-10-42-5/h13-18,21H,6-12,29H2,1-5H3,(H2,27,35)(H2,28,36)(H2,30,37)(H,31,39)(H,32,41)(H,33,40)(H,34,38)/t14-,15-,16-,17-,18-,21-/m0/s1. The fourth-order valence-electron chi connectivity index (χ4n) is 3.79. The molecule has 0 aromatic carbocycles. The van der Waals surface area contributed by atoms with Gasteiger partial charge in [-0.05, 0) is 43.1 Å². The summed E-state index contributed by atoms with van der Waals surface area (Å²) in [5, 5.41) is 9.92. The predicted molar refractivity (Wildman–Crippen MR) is 159 cm³/mol. The number of carbonyl (C=O) groups is 7. The second kappa shape index (κ2) is 19.7. The number of hydrogen-bond acceptors (Lipinski definition) is 9. The molecule has 240 valence electrons. The molecule has 0 unspecified atom stereocenters. The minimum Gasteiger partial charge on any atom is -0.370 e. The van der Waals surface area contributed by atoms with Crippen molar-refractivity contribution in [3.8, 4) is 0 Å². The van der Waals surface area contributed by atoms with Crippen molar-refractivity contribution >= 4 is 53.1 Å². The van der Waals surface area contributed by atoms with Crippen LogP contribution in [0.2, 0.25) is 0 Å². The molecule has 0 aromatic heterocycles. The number of amides is 7. The number of thioether (sulfide) groups is 1. The molecule has 0 aliphatic carbocycles. The lowest BCUT2D eigenvalue weighted by Crippen LogP contribution is -2.59. The normalized spacial score (nSPS) is 15.3. The first-order valence-electron chi connectivity index (χ1n) is 13.9. The lowest BCUT2D eigenvalue weighted by Gasteiger charge is -2.27. The molecule has 0 spiro atoms. The first-order valence-corrected chi connectivity index (χ1v) is 15.2. The highest BCUT2D eigenvalue weighted by atomic mass is 32.2. The maximum absolute atomic E-state index is 13.3. The van der Waals surface area contributed by atoms with E-state index in [9.17, 15) is 33.6 Å². The van der Waals surface area contributed by atoms with Crippen LogP contribution in [0.3, 0.4) is 0 Å². The average molecular weight is 617 g/mol. The molecule has 0 aromatic rings. The Morgan fingerprint density at radius 2 is 1.19 bits per heavy atom. The van der Waals surface area contributed by atoms with Crippen LogP contribution < -0.4 is 44.2 Å². The van der Waals surface area contributed by atoms with Crippen LogP contribution in [-0.2, 0) is 33.6 Å². The average Bonchev–Trinajstić information content (AvgIpc) is 2.90. The molecule has 0 saturated heterocycles. The van der Waals surface area contributed by atoms with Gasteiger partial charge in [-0.15, -0.1) is 0 Å². The van der Waals surface area contributed by atoms with Gasteiger partial charge in [0.15, 0.2) is 0 Å². The maximum atomic E-state index is 13.3. The van der Waals surface area contributed by atoms with E-state index >= 15 is 0 Å². The Morgan fingerprint density at radius 1 is 0.690 bits per heavy atom. The summed E-state index contributed by atoms with van der Waals surface area (Å²) in [5.74, 6) is -5.24. The van der Waals surface area contributed by atoms with E-state index in [0.29, 0.717) is 12.2 Å². The number of nitrogens with one attached hydrogen (secondary N) is 4. The van der Waals surface area contributed by atoms with Gasteiger partial charge in [0.05, 0.1) is 12.5 Å². The van der Waals surface area contributed by atoms with Crippen LogP contribution in [-0.4, -0.2) is 83.6 Å². The Kier molecular flexibility index (Phi) is 18.1. The van der Waals surface area contributed by atoms with E-state index in [2.05, 4.69) is 21.3 Å². The van der Waals surface area contributed by atoms with Crippen molar-refractivity contribution in [2.24, 2.45) is 34.8 Å². The molecule has 0 fully saturated rings. The molecule has 6 atom stereocenters. The topological polar surface area (TPSA) is 272 Å². The summed E-state index contributed by atoms with van der Waals surface area (Å²) in [7, 11) is 0. The number of rotatable bonds is 21. The monoisotopic (exact) mass is 616 g/mol. The maximum Gasteiger partial charge on any atom is 0.243 e. The lowest BCUT2D eigenvalue weighted by atomic mass is 9.98. The molecule has 12 N–H and O–H groups in total. The Hall–Kier alpha value is -3.40. The van der Waals surface area contributed by atoms with E-state index in [1.54, 1.807) is 6.92 Å². The summed E-state index contributed by atoms with van der Waals surface area (Å²) in [4.78, 5) is 87.2. The van der Waals surface area contributed by atoms with Gasteiger partial charge in [0, 0.05) is 6.42 Å². The zero-order chi connectivity index (χ0) is 32.6. The summed E-state index contributed by atoms with van der Waals surface area (Å²) >= 11 is 1.46. The lowest BCUT2D eigenvalue weighted by molar-refractivity contribution is -0.136. The van der Waals surface area contributed by atoms with Gasteiger partial charge < -0.3 is 44.2 Å². The second-order valence-corrected chi connectivity index (χ2v) is 11.6. The molecule has 0 rings (SSSR count). The third-order valence-corrected chi connectivity index (χ3v) is 7.17. The van der Waals surface area contributed by atoms with Crippen molar-refractivity contribution in [1.82, 2.24) is 21.3 Å². The van der Waals surface area contributed by atoms with E-state index < -0.39 is 78.0 Å². The molecule has 0 saturated carbocycles. The van der Waals surface area contributed by atoms with Gasteiger partial charge in [0.2, 0.25) is 41.4 Å². The highest BCUT2D eigenvalue weighted by Gasteiger charge is 2.33. The van der Waals surface area contributed by atoms with Gasteiger partial charge in [0.25, 0.3) is 0 Å². The molecule has 16 heteroatoms. The molecular formula is C26H48N8O7S. The Labute approximate surface area is 251 Å². The van der Waals surface area contributed by atoms with Crippen molar-refractivity contribution in [1.29, 1.82) is 0 Å². The quantitative estimate of drug-likeness (QED) is 0.0689. The summed E-state index contributed by atoms with van der Waals surface area (Å²) in [5.41, 5.74) is 21.9. The first kappa shape index (κ1) is 38.6. The van der Waals surface area contributed by atoms with Gasteiger partial charge in [-0.3, -0.25) is 33.6 Å². The fraction of sp³-hybridized carbons (Fsp3) is 0.731. The second-order valence-electron chi connectivity index (χ2n) is 10.6. The SMILES string of the molecule is CC[C@H](C)[C@H](N)C(=O)N[C@@H](CCC(N)=O)C(=O)N[C@@H](CC(N)=O)C(=O)N[C@@H](CC(C)C)C(=O)N[C@@H](CCSC)C(N)=O. The van der Waals surface area contributed by atoms with E-state index in [1.165, 1.54) is 11.8 Å². The molecular weight excluding hydrogens is 568 g/mol. The van der Waals surface area contributed by atoms with Crippen LogP contribution in [0.5, 0.6) is 0 Å². The van der Waals surface area contributed by atoms with Crippen molar-refractivity contribution < 1.29 is 33.6 Å². The zero-order valence-electron chi connectivity index (χ0n) is 25.1. The van der Waals surface area contributed by atoms with E-state index in [4.69, 9.17) is 22.9 Å². The fourth-order valence-corrected chi connectivity index (χ4v) is 4.26. The summed E-state index contributed by atoms with van der Waals surface area (Å²) in [6.07, 6.45) is 1.77. The predicted octanol–water partition coefficient (Wildman–Crippen LogP) is -2.28. The molecule has 42 heavy (non-hydrogen) atoms. The number of carbonyl (C=O) groups excluding carboxylic acids is 7. The van der Waals surface area contributed by atoms with Crippen LogP contribution in [0.1, 0.15) is 66.2 Å². The Morgan fingerprint density at radius 3 is 1.67 bits per heavy atom. The number of nitrogens with two attached hydrogens (primary N) is 4. The van der Waals surface area contributed by atoms with E-state index in [-0.39, 0.29) is 37.5 Å². The van der Waals surface area contributed by atoms with Crippen LogP contribution in [0, 0.1) is 11.8 Å². The van der Waals surface area contributed by atoms with Gasteiger partial charge in [-0.25, -0.2) is 0 Å². The largest absolute Gasteiger partial charge is 0.370 e. The highest BCUT2D eigenvalue weighted by molar-refractivity contribution is 7.98. The van der Waals surface area contributed by atoms with Crippen LogP contribution in [0.4, 0.5) is 0 Å². The van der Waals surface area contributed by atoms with Gasteiger partial charge in [-0.1, -0.05) is 34.1 Å².